The highest BCUT2D eigenvalue weighted by molar-refractivity contribution is 7.96. The molecular formula is C18H26Cl2N2O2S. The number of halogens is 2. The minimum atomic E-state index is -0.739. The zero-order chi connectivity index (χ0) is 18.4. The Morgan fingerprint density at radius 2 is 2.04 bits per heavy atom. The van der Waals surface area contributed by atoms with Crippen molar-refractivity contribution in [2.45, 2.75) is 37.6 Å². The maximum Gasteiger partial charge on any atom is 0.316 e. The van der Waals surface area contributed by atoms with Crippen LogP contribution in [0.4, 0.5) is 0 Å². The molecule has 0 aliphatic carbocycles. The molecule has 140 valence electrons. The quantitative estimate of drug-likeness (QED) is 0.545. The standard InChI is InChI=1S/C18H26Cl2N2O2S/c1-18(17(23)24-2,13-4-5-15(19)16(20)12-13)8-11-22-9-6-14(7-10-22)21-25-3/h4-5,12,14,21H,6-11H2,1-3H3. The lowest BCUT2D eigenvalue weighted by atomic mass is 9.79. The average Bonchev–Trinajstić information content (AvgIpc) is 2.62. The number of nitrogens with zero attached hydrogens (tertiary/aromatic N) is 1. The van der Waals surface area contributed by atoms with Crippen molar-refractivity contribution in [3.05, 3.63) is 33.8 Å². The Hall–Kier alpha value is -0.460. The first kappa shape index (κ1) is 20.8. The number of carbonyl (C=O) groups is 1. The van der Waals surface area contributed by atoms with Crippen LogP contribution < -0.4 is 4.72 Å². The maximum atomic E-state index is 12.5. The number of rotatable bonds is 7. The Balaban J connectivity index is 2.05. The van der Waals surface area contributed by atoms with Crippen LogP contribution in [-0.4, -0.2) is 49.9 Å². The van der Waals surface area contributed by atoms with Crippen LogP contribution in [0.3, 0.4) is 0 Å². The maximum absolute atomic E-state index is 12.5. The second-order valence-corrected chi connectivity index (χ2v) is 8.10. The summed E-state index contributed by atoms with van der Waals surface area (Å²) >= 11 is 13.9. The Bertz CT molecular complexity index is 594. The second-order valence-electron chi connectivity index (χ2n) is 6.64. The van der Waals surface area contributed by atoms with Crippen molar-refractivity contribution in [2.24, 2.45) is 0 Å². The van der Waals surface area contributed by atoms with E-state index in [0.717, 1.165) is 38.0 Å². The molecule has 1 aliphatic rings. The van der Waals surface area contributed by atoms with E-state index in [9.17, 15) is 4.79 Å². The van der Waals surface area contributed by atoms with Crippen LogP contribution in [0.25, 0.3) is 0 Å². The van der Waals surface area contributed by atoms with Crippen molar-refractivity contribution in [2.75, 3.05) is 33.0 Å². The molecule has 0 saturated carbocycles. The first-order valence-electron chi connectivity index (χ1n) is 8.45. The van der Waals surface area contributed by atoms with Gasteiger partial charge in [-0.1, -0.05) is 41.2 Å². The molecule has 1 unspecified atom stereocenters. The fourth-order valence-corrected chi connectivity index (χ4v) is 4.12. The van der Waals surface area contributed by atoms with Crippen molar-refractivity contribution >= 4 is 41.1 Å². The fraction of sp³-hybridized carbons (Fsp3) is 0.611. The van der Waals surface area contributed by atoms with E-state index in [1.54, 1.807) is 24.1 Å². The molecule has 7 heteroatoms. The smallest absolute Gasteiger partial charge is 0.316 e. The molecule has 1 heterocycles. The van der Waals surface area contributed by atoms with Gasteiger partial charge >= 0.3 is 5.97 Å². The molecule has 25 heavy (non-hydrogen) atoms. The molecule has 1 N–H and O–H groups in total. The molecule has 0 spiro atoms. The molecule has 0 radical (unpaired) electrons. The molecule has 4 nitrogen and oxygen atoms in total. The number of nitrogens with one attached hydrogen (secondary N) is 1. The fourth-order valence-electron chi connectivity index (χ4n) is 3.25. The van der Waals surface area contributed by atoms with Crippen LogP contribution in [-0.2, 0) is 14.9 Å². The molecule has 1 aliphatic heterocycles. The Morgan fingerprint density at radius 3 is 2.60 bits per heavy atom. The summed E-state index contributed by atoms with van der Waals surface area (Å²) in [5, 5.41) is 0.944. The Morgan fingerprint density at radius 1 is 1.36 bits per heavy atom. The number of benzene rings is 1. The van der Waals surface area contributed by atoms with E-state index in [4.69, 9.17) is 27.9 Å². The van der Waals surface area contributed by atoms with Crippen molar-refractivity contribution in [1.82, 2.24) is 9.62 Å². The van der Waals surface area contributed by atoms with E-state index in [-0.39, 0.29) is 5.97 Å². The normalized spacial score (nSPS) is 18.8. The minimum absolute atomic E-state index is 0.246. The molecule has 1 aromatic rings. The Labute approximate surface area is 164 Å². The van der Waals surface area contributed by atoms with Gasteiger partial charge < -0.3 is 9.64 Å². The van der Waals surface area contributed by atoms with Crippen LogP contribution >= 0.6 is 35.1 Å². The SMILES string of the molecule is COC(=O)C(C)(CCN1CCC(NSC)CC1)c1ccc(Cl)c(Cl)c1. The van der Waals surface area contributed by atoms with E-state index in [1.807, 2.05) is 13.0 Å². The molecule has 2 rings (SSSR count). The van der Waals surface area contributed by atoms with E-state index < -0.39 is 5.41 Å². The first-order chi connectivity index (χ1) is 11.9. The number of hydrogen-bond acceptors (Lipinski definition) is 5. The van der Waals surface area contributed by atoms with Gasteiger partial charge in [0.1, 0.15) is 0 Å². The number of carbonyl (C=O) groups excluding carboxylic acids is 1. The lowest BCUT2D eigenvalue weighted by Gasteiger charge is -2.35. The first-order valence-corrected chi connectivity index (χ1v) is 10.4. The summed E-state index contributed by atoms with van der Waals surface area (Å²) in [4.78, 5) is 14.9. The summed E-state index contributed by atoms with van der Waals surface area (Å²) < 4.78 is 8.51. The van der Waals surface area contributed by atoms with Crippen LogP contribution in [0.2, 0.25) is 10.0 Å². The monoisotopic (exact) mass is 404 g/mol. The molecule has 0 aromatic heterocycles. The highest BCUT2D eigenvalue weighted by atomic mass is 35.5. The predicted molar refractivity (Wildman–Crippen MR) is 107 cm³/mol. The molecule has 1 aromatic carbocycles. The lowest BCUT2D eigenvalue weighted by Crippen LogP contribution is -2.43. The van der Waals surface area contributed by atoms with Gasteiger partial charge in [0.25, 0.3) is 0 Å². The molecule has 1 atom stereocenters. The summed E-state index contributed by atoms with van der Waals surface area (Å²) in [5.41, 5.74) is 0.102. The molecule has 0 bridgehead atoms. The lowest BCUT2D eigenvalue weighted by molar-refractivity contribution is -0.147. The zero-order valence-electron chi connectivity index (χ0n) is 15.0. The van der Waals surface area contributed by atoms with E-state index in [0.29, 0.717) is 22.5 Å². The average molecular weight is 405 g/mol. The van der Waals surface area contributed by atoms with Crippen LogP contribution in [0, 0.1) is 0 Å². The number of methoxy groups -OCH3 is 1. The van der Waals surface area contributed by atoms with E-state index >= 15 is 0 Å². The summed E-state index contributed by atoms with van der Waals surface area (Å²) in [6.07, 6.45) is 4.99. The highest BCUT2D eigenvalue weighted by Crippen LogP contribution is 2.34. The second kappa shape index (κ2) is 9.47. The van der Waals surface area contributed by atoms with Gasteiger partial charge in [0.05, 0.1) is 22.6 Å². The van der Waals surface area contributed by atoms with Gasteiger partial charge in [-0.2, -0.15) is 0 Å². The number of ether oxygens (including phenoxy) is 1. The van der Waals surface area contributed by atoms with Crippen molar-refractivity contribution < 1.29 is 9.53 Å². The van der Waals surface area contributed by atoms with Gasteiger partial charge in [-0.3, -0.25) is 9.52 Å². The van der Waals surface area contributed by atoms with Gasteiger partial charge in [-0.05, 0) is 69.8 Å². The van der Waals surface area contributed by atoms with Crippen molar-refractivity contribution in [1.29, 1.82) is 0 Å². The summed E-state index contributed by atoms with van der Waals surface area (Å²) in [7, 11) is 1.43. The number of piperidine rings is 1. The van der Waals surface area contributed by atoms with E-state index in [1.165, 1.54) is 7.11 Å². The third kappa shape index (κ3) is 5.27. The van der Waals surface area contributed by atoms with Gasteiger partial charge in [0, 0.05) is 6.04 Å². The van der Waals surface area contributed by atoms with Gasteiger partial charge in [0.2, 0.25) is 0 Å². The molecule has 1 fully saturated rings. The van der Waals surface area contributed by atoms with Gasteiger partial charge in [-0.25, -0.2) is 0 Å². The number of esters is 1. The highest BCUT2D eigenvalue weighted by Gasteiger charge is 2.37. The van der Waals surface area contributed by atoms with Crippen LogP contribution in [0.1, 0.15) is 31.7 Å². The summed E-state index contributed by atoms with van der Waals surface area (Å²) in [6, 6.07) is 5.95. The number of hydrogen-bond donors (Lipinski definition) is 1. The summed E-state index contributed by atoms with van der Waals surface area (Å²) in [6.45, 7) is 4.84. The van der Waals surface area contributed by atoms with Crippen molar-refractivity contribution in [3.63, 3.8) is 0 Å². The molecule has 1 saturated heterocycles. The zero-order valence-corrected chi connectivity index (χ0v) is 17.3. The van der Waals surface area contributed by atoms with Crippen molar-refractivity contribution in [3.8, 4) is 0 Å². The van der Waals surface area contributed by atoms with Gasteiger partial charge in [-0.15, -0.1) is 0 Å². The largest absolute Gasteiger partial charge is 0.468 e. The van der Waals surface area contributed by atoms with Gasteiger partial charge in [0.15, 0.2) is 0 Å². The predicted octanol–water partition coefficient (Wildman–Crippen LogP) is 4.15. The summed E-state index contributed by atoms with van der Waals surface area (Å²) in [5.74, 6) is -0.246. The third-order valence-electron chi connectivity index (χ3n) is 4.99. The number of likely N-dealkylation sites (tertiary alicyclic amines) is 1. The third-order valence-corrected chi connectivity index (χ3v) is 6.30. The van der Waals surface area contributed by atoms with Crippen LogP contribution in [0.5, 0.6) is 0 Å². The topological polar surface area (TPSA) is 41.6 Å². The minimum Gasteiger partial charge on any atom is -0.468 e. The van der Waals surface area contributed by atoms with Crippen LogP contribution in [0.15, 0.2) is 18.2 Å². The molecular weight excluding hydrogens is 379 g/mol. The Kier molecular flexibility index (Phi) is 7.90. The molecule has 0 amide bonds. The van der Waals surface area contributed by atoms with E-state index in [2.05, 4.69) is 15.9 Å².